The van der Waals surface area contributed by atoms with Gasteiger partial charge in [0.15, 0.2) is 5.96 Å². The van der Waals surface area contributed by atoms with Gasteiger partial charge in [-0.2, -0.15) is 0 Å². The molecule has 0 saturated carbocycles. The van der Waals surface area contributed by atoms with Gasteiger partial charge in [0.05, 0.1) is 6.54 Å². The van der Waals surface area contributed by atoms with E-state index in [1.807, 2.05) is 56.0 Å². The van der Waals surface area contributed by atoms with Crippen molar-refractivity contribution in [3.63, 3.8) is 0 Å². The number of methoxy groups -OCH3 is 1. The highest BCUT2D eigenvalue weighted by atomic mass is 16.6. The molecule has 7 nitrogen and oxygen atoms in total. The van der Waals surface area contributed by atoms with Gasteiger partial charge >= 0.3 is 6.09 Å². The molecule has 1 fully saturated rings. The molecule has 0 radical (unpaired) electrons. The van der Waals surface area contributed by atoms with Crippen molar-refractivity contribution >= 4 is 12.1 Å². The first-order chi connectivity index (χ1) is 12.3. The molecular formula is C19H30N4O3. The molecule has 0 bridgehead atoms. The standard InChI is InChI=1S/C19H30N4O3/c1-19(2,3)26-18(24)23-12-10-22(11-13-23)17(20)21-14-16(25-4)15-8-6-5-7-9-15/h5-9,16H,10-14H2,1-4H3,(H2,20,21). The maximum Gasteiger partial charge on any atom is 0.410 e. The van der Waals surface area contributed by atoms with Crippen molar-refractivity contribution in [2.45, 2.75) is 32.5 Å². The molecule has 1 aromatic rings. The Morgan fingerprint density at radius 1 is 1.15 bits per heavy atom. The third-order valence-corrected chi connectivity index (χ3v) is 4.13. The van der Waals surface area contributed by atoms with E-state index < -0.39 is 5.60 Å². The van der Waals surface area contributed by atoms with Gasteiger partial charge in [-0.15, -0.1) is 0 Å². The molecule has 7 heteroatoms. The number of carbonyl (C=O) groups excluding carboxylic acids is 1. The molecule has 1 aromatic carbocycles. The van der Waals surface area contributed by atoms with Crippen molar-refractivity contribution < 1.29 is 14.3 Å². The van der Waals surface area contributed by atoms with Crippen LogP contribution >= 0.6 is 0 Å². The van der Waals surface area contributed by atoms with E-state index in [0.717, 1.165) is 5.56 Å². The molecule has 0 spiro atoms. The van der Waals surface area contributed by atoms with Crippen LogP contribution in [0.25, 0.3) is 0 Å². The largest absolute Gasteiger partial charge is 0.444 e. The average Bonchev–Trinajstić information content (AvgIpc) is 2.61. The number of piperazine rings is 1. The minimum atomic E-state index is -0.485. The van der Waals surface area contributed by atoms with Crippen LogP contribution in [0.15, 0.2) is 35.3 Å². The van der Waals surface area contributed by atoms with E-state index in [1.54, 1.807) is 12.0 Å². The van der Waals surface area contributed by atoms with Crippen molar-refractivity contribution in [1.82, 2.24) is 9.80 Å². The van der Waals surface area contributed by atoms with E-state index in [4.69, 9.17) is 15.2 Å². The maximum absolute atomic E-state index is 12.1. The van der Waals surface area contributed by atoms with Gasteiger partial charge in [-0.3, -0.25) is 4.99 Å². The molecule has 2 N–H and O–H groups in total. The monoisotopic (exact) mass is 362 g/mol. The van der Waals surface area contributed by atoms with E-state index in [9.17, 15) is 4.79 Å². The quantitative estimate of drug-likeness (QED) is 0.656. The van der Waals surface area contributed by atoms with Gasteiger partial charge in [0, 0.05) is 33.3 Å². The minimum Gasteiger partial charge on any atom is -0.444 e. The number of nitrogens with zero attached hydrogens (tertiary/aromatic N) is 3. The van der Waals surface area contributed by atoms with Gasteiger partial charge in [0.1, 0.15) is 11.7 Å². The molecule has 1 saturated heterocycles. The first-order valence-corrected chi connectivity index (χ1v) is 8.90. The Hall–Kier alpha value is -2.28. The fourth-order valence-electron chi connectivity index (χ4n) is 2.70. The molecule has 1 unspecified atom stereocenters. The lowest BCUT2D eigenvalue weighted by atomic mass is 10.1. The Morgan fingerprint density at radius 3 is 2.27 bits per heavy atom. The Kier molecular flexibility index (Phi) is 6.85. The number of amides is 1. The third-order valence-electron chi connectivity index (χ3n) is 4.13. The van der Waals surface area contributed by atoms with Crippen molar-refractivity contribution in [2.75, 3.05) is 39.8 Å². The molecule has 1 aliphatic rings. The SMILES string of the molecule is COC(CN=C(N)N1CCN(C(=O)OC(C)(C)C)CC1)c1ccccc1. The summed E-state index contributed by atoms with van der Waals surface area (Å²) in [5.41, 5.74) is 6.72. The van der Waals surface area contributed by atoms with Crippen molar-refractivity contribution in [3.05, 3.63) is 35.9 Å². The lowest BCUT2D eigenvalue weighted by molar-refractivity contribution is 0.0186. The van der Waals surface area contributed by atoms with Crippen LogP contribution in [0.5, 0.6) is 0 Å². The van der Waals surface area contributed by atoms with Gasteiger partial charge in [-0.05, 0) is 26.3 Å². The third kappa shape index (κ3) is 5.91. The summed E-state index contributed by atoms with van der Waals surface area (Å²) in [6.07, 6.45) is -0.408. The maximum atomic E-state index is 12.1. The summed E-state index contributed by atoms with van der Waals surface area (Å²) in [4.78, 5) is 20.3. The molecule has 1 aliphatic heterocycles. The van der Waals surface area contributed by atoms with Crippen LogP contribution in [-0.4, -0.2) is 67.3 Å². The lowest BCUT2D eigenvalue weighted by Crippen LogP contribution is -2.53. The smallest absolute Gasteiger partial charge is 0.410 e. The first kappa shape index (κ1) is 20.0. The fourth-order valence-corrected chi connectivity index (χ4v) is 2.70. The zero-order valence-electron chi connectivity index (χ0n) is 16.1. The summed E-state index contributed by atoms with van der Waals surface area (Å²) >= 11 is 0. The van der Waals surface area contributed by atoms with E-state index in [2.05, 4.69) is 4.99 Å². The van der Waals surface area contributed by atoms with Crippen LogP contribution in [-0.2, 0) is 9.47 Å². The van der Waals surface area contributed by atoms with E-state index in [0.29, 0.717) is 38.7 Å². The average molecular weight is 362 g/mol. The predicted octanol–water partition coefficient (Wildman–Crippen LogP) is 2.24. The van der Waals surface area contributed by atoms with Crippen LogP contribution in [0.4, 0.5) is 4.79 Å². The normalized spacial score (nSPS) is 17.2. The van der Waals surface area contributed by atoms with Crippen LogP contribution in [0.3, 0.4) is 0 Å². The number of guanidine groups is 1. The number of carbonyl (C=O) groups is 1. The Balaban J connectivity index is 1.86. The van der Waals surface area contributed by atoms with Crippen LogP contribution in [0.2, 0.25) is 0 Å². The number of nitrogens with two attached hydrogens (primary N) is 1. The topological polar surface area (TPSA) is 80.4 Å². The van der Waals surface area contributed by atoms with Crippen molar-refractivity contribution in [1.29, 1.82) is 0 Å². The lowest BCUT2D eigenvalue weighted by Gasteiger charge is -2.36. The predicted molar refractivity (Wildman–Crippen MR) is 102 cm³/mol. The van der Waals surface area contributed by atoms with Gasteiger partial charge < -0.3 is 25.0 Å². The van der Waals surface area contributed by atoms with Gasteiger partial charge in [0.25, 0.3) is 0 Å². The highest BCUT2D eigenvalue weighted by molar-refractivity contribution is 5.78. The zero-order valence-corrected chi connectivity index (χ0v) is 16.1. The Morgan fingerprint density at radius 2 is 1.73 bits per heavy atom. The van der Waals surface area contributed by atoms with Gasteiger partial charge in [-0.1, -0.05) is 30.3 Å². The Labute approximate surface area is 155 Å². The molecule has 26 heavy (non-hydrogen) atoms. The Bertz CT molecular complexity index is 605. The summed E-state index contributed by atoms with van der Waals surface area (Å²) < 4.78 is 10.9. The molecule has 1 atom stereocenters. The van der Waals surface area contributed by atoms with Crippen molar-refractivity contribution in [2.24, 2.45) is 10.7 Å². The summed E-state index contributed by atoms with van der Waals surface area (Å²) in [5, 5.41) is 0. The van der Waals surface area contributed by atoms with Crippen LogP contribution in [0, 0.1) is 0 Å². The summed E-state index contributed by atoms with van der Waals surface area (Å²) in [7, 11) is 1.67. The number of hydrogen-bond acceptors (Lipinski definition) is 4. The molecule has 1 heterocycles. The second-order valence-corrected chi connectivity index (χ2v) is 7.29. The highest BCUT2D eigenvalue weighted by Gasteiger charge is 2.26. The summed E-state index contributed by atoms with van der Waals surface area (Å²) in [5.74, 6) is 0.479. The molecule has 0 aliphatic carbocycles. The molecule has 1 amide bonds. The van der Waals surface area contributed by atoms with E-state index in [-0.39, 0.29) is 12.2 Å². The zero-order chi connectivity index (χ0) is 19.2. The number of rotatable bonds is 4. The fraction of sp³-hybridized carbons (Fsp3) is 0.579. The van der Waals surface area contributed by atoms with E-state index >= 15 is 0 Å². The van der Waals surface area contributed by atoms with Crippen LogP contribution in [0.1, 0.15) is 32.4 Å². The molecular weight excluding hydrogens is 332 g/mol. The number of aliphatic imine (C=N–C) groups is 1. The first-order valence-electron chi connectivity index (χ1n) is 8.90. The number of ether oxygens (including phenoxy) is 2. The second kappa shape index (κ2) is 8.89. The number of benzene rings is 1. The molecule has 144 valence electrons. The highest BCUT2D eigenvalue weighted by Crippen LogP contribution is 2.16. The summed E-state index contributed by atoms with van der Waals surface area (Å²) in [6.45, 7) is 8.46. The van der Waals surface area contributed by atoms with Gasteiger partial charge in [0.2, 0.25) is 0 Å². The van der Waals surface area contributed by atoms with E-state index in [1.165, 1.54) is 0 Å². The van der Waals surface area contributed by atoms with Gasteiger partial charge in [-0.25, -0.2) is 4.79 Å². The minimum absolute atomic E-state index is 0.127. The number of hydrogen-bond donors (Lipinski definition) is 1. The van der Waals surface area contributed by atoms with Crippen LogP contribution < -0.4 is 5.73 Å². The second-order valence-electron chi connectivity index (χ2n) is 7.29. The summed E-state index contributed by atoms with van der Waals surface area (Å²) in [6, 6.07) is 9.95. The molecule has 2 rings (SSSR count). The molecule has 0 aromatic heterocycles. The van der Waals surface area contributed by atoms with Crippen molar-refractivity contribution in [3.8, 4) is 0 Å².